The zero-order valence-corrected chi connectivity index (χ0v) is 7.25. The maximum Gasteiger partial charge on any atom is 0.101 e. The van der Waals surface area contributed by atoms with E-state index in [1.54, 1.807) is 30.9 Å². The largest absolute Gasteiger partial charge is 0.263 e. The zero-order chi connectivity index (χ0) is 9.80. The third-order valence-electron chi connectivity index (χ3n) is 1.73. The van der Waals surface area contributed by atoms with E-state index in [-0.39, 0.29) is 0 Å². The highest BCUT2D eigenvalue weighted by Gasteiger charge is 1.99. The highest BCUT2D eigenvalue weighted by molar-refractivity contribution is 5.58. The first-order valence-corrected chi connectivity index (χ1v) is 4.01. The fraction of sp³-hybridized carbons (Fsp3) is 0. The normalized spacial score (nSPS) is 9.36. The van der Waals surface area contributed by atoms with E-state index < -0.39 is 0 Å². The van der Waals surface area contributed by atoms with Gasteiger partial charge in [-0.25, -0.2) is 0 Å². The van der Waals surface area contributed by atoms with Crippen molar-refractivity contribution in [2.24, 2.45) is 0 Å². The van der Waals surface area contributed by atoms with Crippen molar-refractivity contribution in [2.75, 3.05) is 0 Å². The van der Waals surface area contributed by atoms with Crippen molar-refractivity contribution in [2.45, 2.75) is 0 Å². The molecular weight excluding hydrogens is 176 g/mol. The van der Waals surface area contributed by atoms with Crippen LogP contribution >= 0.6 is 0 Å². The highest BCUT2D eigenvalue weighted by atomic mass is 14.8. The molecule has 0 aliphatic heterocycles. The zero-order valence-electron chi connectivity index (χ0n) is 7.25. The Morgan fingerprint density at radius 1 is 1.07 bits per heavy atom. The third kappa shape index (κ3) is 1.57. The van der Waals surface area contributed by atoms with Gasteiger partial charge >= 0.3 is 0 Å². The molecule has 0 fully saturated rings. The second-order valence-corrected chi connectivity index (χ2v) is 2.66. The Kier molecular flexibility index (Phi) is 2.15. The summed E-state index contributed by atoms with van der Waals surface area (Å²) in [7, 11) is 0. The molecule has 66 valence electrons. The van der Waals surface area contributed by atoms with Crippen molar-refractivity contribution in [1.82, 2.24) is 15.0 Å². The molecule has 0 spiro atoms. The molecule has 0 saturated heterocycles. The van der Waals surface area contributed by atoms with Crippen LogP contribution in [0.1, 0.15) is 5.56 Å². The van der Waals surface area contributed by atoms with Gasteiger partial charge in [0.2, 0.25) is 0 Å². The molecule has 2 aromatic rings. The lowest BCUT2D eigenvalue weighted by molar-refractivity contribution is 1.19. The molecule has 0 saturated carbocycles. The van der Waals surface area contributed by atoms with Crippen molar-refractivity contribution in [3.05, 3.63) is 42.6 Å². The van der Waals surface area contributed by atoms with E-state index >= 15 is 0 Å². The topological polar surface area (TPSA) is 62.5 Å². The monoisotopic (exact) mass is 182 g/mol. The van der Waals surface area contributed by atoms with Gasteiger partial charge in [-0.05, 0) is 6.07 Å². The summed E-state index contributed by atoms with van der Waals surface area (Å²) >= 11 is 0. The van der Waals surface area contributed by atoms with Gasteiger partial charge in [-0.3, -0.25) is 15.0 Å². The van der Waals surface area contributed by atoms with E-state index in [2.05, 4.69) is 15.0 Å². The number of rotatable bonds is 1. The summed E-state index contributed by atoms with van der Waals surface area (Å²) in [6.45, 7) is 0. The quantitative estimate of drug-likeness (QED) is 0.668. The summed E-state index contributed by atoms with van der Waals surface area (Å²) in [6, 6.07) is 3.76. The Balaban J connectivity index is 2.49. The molecule has 0 unspecified atom stereocenters. The van der Waals surface area contributed by atoms with Crippen LogP contribution in [0.3, 0.4) is 0 Å². The summed E-state index contributed by atoms with van der Waals surface area (Å²) in [4.78, 5) is 12.0. The molecule has 0 atom stereocenters. The van der Waals surface area contributed by atoms with Gasteiger partial charge in [-0.2, -0.15) is 5.26 Å². The van der Waals surface area contributed by atoms with Crippen LogP contribution in [0, 0.1) is 11.3 Å². The molecule has 4 nitrogen and oxygen atoms in total. The number of nitrogens with zero attached hydrogens (tertiary/aromatic N) is 4. The second-order valence-electron chi connectivity index (χ2n) is 2.66. The van der Waals surface area contributed by atoms with Crippen molar-refractivity contribution >= 4 is 0 Å². The summed E-state index contributed by atoms with van der Waals surface area (Å²) in [6.07, 6.45) is 8.02. The van der Waals surface area contributed by atoms with Crippen LogP contribution in [0.2, 0.25) is 0 Å². The highest BCUT2D eigenvalue weighted by Crippen LogP contribution is 2.14. The van der Waals surface area contributed by atoms with Crippen LogP contribution < -0.4 is 0 Å². The molecular formula is C10H6N4. The molecule has 2 aromatic heterocycles. The lowest BCUT2D eigenvalue weighted by Gasteiger charge is -1.98. The third-order valence-corrected chi connectivity index (χ3v) is 1.73. The SMILES string of the molecule is N#Cc1cncc(-c2cnccn2)c1. The predicted molar refractivity (Wildman–Crippen MR) is 50.0 cm³/mol. The van der Waals surface area contributed by atoms with E-state index in [1.165, 1.54) is 6.20 Å². The Hall–Kier alpha value is -2.28. The number of hydrogen-bond acceptors (Lipinski definition) is 4. The van der Waals surface area contributed by atoms with E-state index in [0.29, 0.717) is 5.56 Å². The van der Waals surface area contributed by atoms with Gasteiger partial charge in [0.25, 0.3) is 0 Å². The minimum atomic E-state index is 0.521. The smallest absolute Gasteiger partial charge is 0.101 e. The van der Waals surface area contributed by atoms with E-state index in [4.69, 9.17) is 5.26 Å². The Morgan fingerprint density at radius 3 is 2.71 bits per heavy atom. The van der Waals surface area contributed by atoms with Gasteiger partial charge in [-0.15, -0.1) is 0 Å². The molecule has 0 aliphatic carbocycles. The fourth-order valence-corrected chi connectivity index (χ4v) is 1.09. The van der Waals surface area contributed by atoms with Gasteiger partial charge in [0.15, 0.2) is 0 Å². The number of nitriles is 1. The van der Waals surface area contributed by atoms with Crippen LogP contribution in [-0.2, 0) is 0 Å². The van der Waals surface area contributed by atoms with E-state index in [1.807, 2.05) is 6.07 Å². The lowest BCUT2D eigenvalue weighted by Crippen LogP contribution is -1.86. The minimum Gasteiger partial charge on any atom is -0.263 e. The van der Waals surface area contributed by atoms with Gasteiger partial charge in [0, 0.05) is 30.4 Å². The van der Waals surface area contributed by atoms with Crippen LogP contribution in [0.15, 0.2) is 37.1 Å². The van der Waals surface area contributed by atoms with Crippen LogP contribution in [0.5, 0.6) is 0 Å². The maximum absolute atomic E-state index is 8.68. The van der Waals surface area contributed by atoms with Gasteiger partial charge in [-0.1, -0.05) is 0 Å². The summed E-state index contributed by atoms with van der Waals surface area (Å²) < 4.78 is 0. The van der Waals surface area contributed by atoms with Crippen LogP contribution in [-0.4, -0.2) is 15.0 Å². The lowest BCUT2D eigenvalue weighted by atomic mass is 10.2. The predicted octanol–water partition coefficient (Wildman–Crippen LogP) is 1.41. The molecule has 0 N–H and O–H groups in total. The van der Waals surface area contributed by atoms with Gasteiger partial charge < -0.3 is 0 Å². The molecule has 0 bridgehead atoms. The van der Waals surface area contributed by atoms with Crippen molar-refractivity contribution in [1.29, 1.82) is 5.26 Å². The Bertz CT molecular complexity index is 473. The maximum atomic E-state index is 8.68. The summed E-state index contributed by atoms with van der Waals surface area (Å²) in [5, 5.41) is 8.68. The van der Waals surface area contributed by atoms with Crippen LogP contribution in [0.25, 0.3) is 11.3 Å². The number of pyridine rings is 1. The molecule has 0 radical (unpaired) electrons. The molecule has 2 heterocycles. The number of aromatic nitrogens is 3. The summed E-state index contributed by atoms with van der Waals surface area (Å²) in [5.41, 5.74) is 2.04. The fourth-order valence-electron chi connectivity index (χ4n) is 1.09. The standard InChI is InChI=1S/C10H6N4/c11-4-8-3-9(6-13-5-8)10-7-12-1-2-14-10/h1-3,5-7H. The first-order valence-electron chi connectivity index (χ1n) is 4.01. The molecule has 2 rings (SSSR count). The van der Waals surface area contributed by atoms with Gasteiger partial charge in [0.1, 0.15) is 6.07 Å². The molecule has 4 heteroatoms. The summed E-state index contributed by atoms with van der Waals surface area (Å²) in [5.74, 6) is 0. The van der Waals surface area contributed by atoms with Gasteiger partial charge in [0.05, 0.1) is 17.5 Å². The second kappa shape index (κ2) is 3.62. The van der Waals surface area contributed by atoms with Crippen molar-refractivity contribution in [3.63, 3.8) is 0 Å². The number of hydrogen-bond donors (Lipinski definition) is 0. The first-order chi connectivity index (χ1) is 6.90. The Labute approximate surface area is 80.9 Å². The molecule has 0 aromatic carbocycles. The molecule has 14 heavy (non-hydrogen) atoms. The first kappa shape index (κ1) is 8.32. The van der Waals surface area contributed by atoms with Crippen molar-refractivity contribution < 1.29 is 0 Å². The minimum absolute atomic E-state index is 0.521. The molecule has 0 aliphatic rings. The Morgan fingerprint density at radius 2 is 2.00 bits per heavy atom. The average molecular weight is 182 g/mol. The van der Waals surface area contributed by atoms with Crippen LogP contribution in [0.4, 0.5) is 0 Å². The van der Waals surface area contributed by atoms with E-state index in [0.717, 1.165) is 11.3 Å². The van der Waals surface area contributed by atoms with Crippen molar-refractivity contribution in [3.8, 4) is 17.3 Å². The molecule has 0 amide bonds. The average Bonchev–Trinajstić information content (AvgIpc) is 2.30. The van der Waals surface area contributed by atoms with E-state index in [9.17, 15) is 0 Å².